The number of carbonyl (C=O) groups is 1. The Morgan fingerprint density at radius 3 is 2.56 bits per heavy atom. The summed E-state index contributed by atoms with van der Waals surface area (Å²) in [5.41, 5.74) is -0.0186. The zero-order chi connectivity index (χ0) is 19.7. The van der Waals surface area contributed by atoms with E-state index in [4.69, 9.17) is 0 Å². The zero-order valence-electron chi connectivity index (χ0n) is 15.2. The van der Waals surface area contributed by atoms with Crippen molar-refractivity contribution in [1.82, 2.24) is 28.6 Å². The van der Waals surface area contributed by atoms with Crippen molar-refractivity contribution < 1.29 is 9.90 Å². The molecule has 0 bridgehead atoms. The number of aliphatic hydroxyl groups excluding tert-OH is 1. The molecule has 10 nitrogen and oxygen atoms in total. The number of likely N-dealkylation sites (N-methyl/N-ethyl adjacent to an activating group) is 1. The average Bonchev–Trinajstić information content (AvgIpc) is 3.08. The first-order valence-electron chi connectivity index (χ1n) is 8.25. The van der Waals surface area contributed by atoms with Gasteiger partial charge in [0.1, 0.15) is 0 Å². The first-order valence-corrected chi connectivity index (χ1v) is 8.25. The summed E-state index contributed by atoms with van der Waals surface area (Å²) in [7, 11) is 4.50. The molecule has 1 amide bonds. The number of aliphatic hydroxyl groups is 1. The Balaban J connectivity index is 1.81. The van der Waals surface area contributed by atoms with E-state index in [1.165, 1.54) is 46.9 Å². The summed E-state index contributed by atoms with van der Waals surface area (Å²) in [5, 5.41) is 10.4. The lowest BCUT2D eigenvalue weighted by Crippen LogP contribution is -2.39. The van der Waals surface area contributed by atoms with E-state index in [0.717, 1.165) is 4.57 Å². The van der Waals surface area contributed by atoms with Gasteiger partial charge >= 0.3 is 5.69 Å². The fourth-order valence-corrected chi connectivity index (χ4v) is 2.93. The number of aryl methyl sites for hydroxylation is 1. The summed E-state index contributed by atoms with van der Waals surface area (Å²) >= 11 is 0. The minimum absolute atomic E-state index is 0.0535. The van der Waals surface area contributed by atoms with Gasteiger partial charge in [0, 0.05) is 45.6 Å². The van der Waals surface area contributed by atoms with E-state index in [2.05, 4.69) is 9.97 Å². The van der Waals surface area contributed by atoms with Crippen molar-refractivity contribution in [3.05, 3.63) is 57.3 Å². The van der Waals surface area contributed by atoms with Gasteiger partial charge in [-0.3, -0.25) is 23.7 Å². The third-order valence-corrected chi connectivity index (χ3v) is 4.38. The Hall–Kier alpha value is -3.27. The third kappa shape index (κ3) is 3.38. The number of imidazole rings is 1. The lowest BCUT2D eigenvalue weighted by Gasteiger charge is -2.21. The number of nitrogens with zero attached hydrogens (tertiary/aromatic N) is 6. The van der Waals surface area contributed by atoms with Crippen LogP contribution in [0.4, 0.5) is 0 Å². The van der Waals surface area contributed by atoms with Crippen molar-refractivity contribution in [3.8, 4) is 0 Å². The number of hydrogen-bond donors (Lipinski definition) is 1. The summed E-state index contributed by atoms with van der Waals surface area (Å²) in [6.07, 6.45) is 3.52. The highest BCUT2D eigenvalue weighted by Gasteiger charge is 2.19. The summed E-state index contributed by atoms with van der Waals surface area (Å²) in [6, 6.07) is 3.19. The van der Waals surface area contributed by atoms with Crippen molar-refractivity contribution in [2.24, 2.45) is 14.1 Å². The highest BCUT2D eigenvalue weighted by Crippen LogP contribution is 2.08. The normalized spacial score (nSPS) is 12.3. The number of pyridine rings is 1. The van der Waals surface area contributed by atoms with Gasteiger partial charge in [0.2, 0.25) is 0 Å². The second kappa shape index (κ2) is 7.16. The Labute approximate surface area is 153 Å². The molecule has 0 aliphatic heterocycles. The minimum Gasteiger partial charge on any atom is -0.389 e. The van der Waals surface area contributed by atoms with Gasteiger partial charge < -0.3 is 14.6 Å². The van der Waals surface area contributed by atoms with Crippen LogP contribution in [0.15, 0.2) is 40.4 Å². The first kappa shape index (κ1) is 18.5. The standard InChI is InChI=1S/C17H20N6O4/c1-20(15(25)11-4-6-18-7-5-11)8-12(24)9-23-10-19-14-13(23)16(26)22(3)17(27)21(14)2/h4-7,10,12,24H,8-9H2,1-3H3. The van der Waals surface area contributed by atoms with Gasteiger partial charge in [-0.2, -0.15) is 0 Å². The van der Waals surface area contributed by atoms with Crippen LogP contribution in [-0.4, -0.2) is 59.3 Å². The number of amides is 1. The van der Waals surface area contributed by atoms with E-state index in [1.807, 2.05) is 0 Å². The molecule has 0 aromatic carbocycles. The Morgan fingerprint density at radius 2 is 1.89 bits per heavy atom. The molecule has 0 spiro atoms. The van der Waals surface area contributed by atoms with Gasteiger partial charge in [-0.25, -0.2) is 9.78 Å². The number of fused-ring (bicyclic) bond motifs is 1. The maximum Gasteiger partial charge on any atom is 0.332 e. The molecule has 3 aromatic heterocycles. The second-order valence-electron chi connectivity index (χ2n) is 6.35. The van der Waals surface area contributed by atoms with Crippen LogP contribution in [0.25, 0.3) is 11.2 Å². The first-order chi connectivity index (χ1) is 12.8. The fourth-order valence-electron chi connectivity index (χ4n) is 2.93. The van der Waals surface area contributed by atoms with Gasteiger partial charge in [0.15, 0.2) is 11.2 Å². The molecule has 0 saturated carbocycles. The molecular weight excluding hydrogens is 352 g/mol. The average molecular weight is 372 g/mol. The lowest BCUT2D eigenvalue weighted by atomic mass is 10.2. The highest BCUT2D eigenvalue weighted by atomic mass is 16.3. The van der Waals surface area contributed by atoms with Crippen LogP contribution >= 0.6 is 0 Å². The molecule has 1 unspecified atom stereocenters. The van der Waals surface area contributed by atoms with Crippen molar-refractivity contribution in [3.63, 3.8) is 0 Å². The summed E-state index contributed by atoms with van der Waals surface area (Å²) in [5.74, 6) is -0.245. The van der Waals surface area contributed by atoms with Crippen molar-refractivity contribution >= 4 is 17.1 Å². The van der Waals surface area contributed by atoms with E-state index in [0.29, 0.717) is 5.56 Å². The largest absolute Gasteiger partial charge is 0.389 e. The van der Waals surface area contributed by atoms with E-state index in [9.17, 15) is 19.5 Å². The van der Waals surface area contributed by atoms with E-state index in [-0.39, 0.29) is 30.2 Å². The van der Waals surface area contributed by atoms with Gasteiger partial charge in [0.05, 0.1) is 19.0 Å². The zero-order valence-corrected chi connectivity index (χ0v) is 15.2. The van der Waals surface area contributed by atoms with Crippen LogP contribution < -0.4 is 11.2 Å². The molecule has 0 fully saturated rings. The van der Waals surface area contributed by atoms with Crippen molar-refractivity contribution in [2.75, 3.05) is 13.6 Å². The molecule has 10 heteroatoms. The summed E-state index contributed by atoms with van der Waals surface area (Å²) in [4.78, 5) is 46.1. The highest BCUT2D eigenvalue weighted by molar-refractivity contribution is 5.93. The van der Waals surface area contributed by atoms with E-state index in [1.54, 1.807) is 19.2 Å². The molecule has 142 valence electrons. The van der Waals surface area contributed by atoms with Crippen LogP contribution in [0, 0.1) is 0 Å². The molecule has 0 aliphatic carbocycles. The Morgan fingerprint density at radius 1 is 1.22 bits per heavy atom. The van der Waals surface area contributed by atoms with Crippen LogP contribution in [0.2, 0.25) is 0 Å². The number of aromatic nitrogens is 5. The predicted octanol–water partition coefficient (Wildman–Crippen LogP) is -1.04. The van der Waals surface area contributed by atoms with Gasteiger partial charge in [-0.1, -0.05) is 0 Å². The van der Waals surface area contributed by atoms with Crippen LogP contribution in [0.1, 0.15) is 10.4 Å². The molecule has 1 N–H and O–H groups in total. The fraction of sp³-hybridized carbons (Fsp3) is 0.353. The summed E-state index contributed by atoms with van der Waals surface area (Å²) < 4.78 is 3.76. The number of rotatable bonds is 5. The smallest absolute Gasteiger partial charge is 0.332 e. The molecule has 0 aliphatic rings. The number of hydrogen-bond acceptors (Lipinski definition) is 6. The van der Waals surface area contributed by atoms with Gasteiger partial charge in [0.25, 0.3) is 11.5 Å². The second-order valence-corrected chi connectivity index (χ2v) is 6.35. The third-order valence-electron chi connectivity index (χ3n) is 4.38. The predicted molar refractivity (Wildman–Crippen MR) is 97.4 cm³/mol. The molecule has 3 heterocycles. The molecule has 0 saturated heterocycles. The monoisotopic (exact) mass is 372 g/mol. The van der Waals surface area contributed by atoms with Gasteiger partial charge in [-0.05, 0) is 12.1 Å². The van der Waals surface area contributed by atoms with Crippen molar-refractivity contribution in [2.45, 2.75) is 12.6 Å². The molecule has 0 radical (unpaired) electrons. The lowest BCUT2D eigenvalue weighted by molar-refractivity contribution is 0.0655. The molecule has 27 heavy (non-hydrogen) atoms. The Kier molecular flexibility index (Phi) is 4.91. The van der Waals surface area contributed by atoms with Gasteiger partial charge in [-0.15, -0.1) is 0 Å². The van der Waals surface area contributed by atoms with E-state index < -0.39 is 17.4 Å². The SMILES string of the molecule is CN(CC(O)Cn1cnc2c1c(=O)n(C)c(=O)n2C)C(=O)c1ccncc1. The maximum atomic E-state index is 12.4. The quantitative estimate of drug-likeness (QED) is 0.612. The summed E-state index contributed by atoms with van der Waals surface area (Å²) in [6.45, 7) is 0.116. The van der Waals surface area contributed by atoms with Crippen molar-refractivity contribution in [1.29, 1.82) is 0 Å². The molecular formula is C17H20N6O4. The van der Waals surface area contributed by atoms with E-state index >= 15 is 0 Å². The molecule has 3 aromatic rings. The van der Waals surface area contributed by atoms with Crippen LogP contribution in [0.3, 0.4) is 0 Å². The van der Waals surface area contributed by atoms with Crippen LogP contribution in [0.5, 0.6) is 0 Å². The van der Waals surface area contributed by atoms with Crippen LogP contribution in [-0.2, 0) is 20.6 Å². The number of carbonyl (C=O) groups excluding carboxylic acids is 1. The molecule has 3 rings (SSSR count). The topological polar surface area (TPSA) is 115 Å². The molecule has 1 atom stereocenters. The minimum atomic E-state index is -0.930. The Bertz CT molecular complexity index is 1100. The maximum absolute atomic E-state index is 12.4.